The second-order valence-corrected chi connectivity index (χ2v) is 4.59. The lowest BCUT2D eigenvalue weighted by Crippen LogP contribution is -2.49. The van der Waals surface area contributed by atoms with Gasteiger partial charge in [0.1, 0.15) is 5.82 Å². The average Bonchev–Trinajstić information content (AvgIpc) is 2.58. The summed E-state index contributed by atoms with van der Waals surface area (Å²) in [6.45, 7) is 0. The topological polar surface area (TPSA) is 64.9 Å². The Hall–Kier alpha value is -1.21. The molecule has 2 unspecified atom stereocenters. The summed E-state index contributed by atoms with van der Waals surface area (Å²) in [6.07, 6.45) is -2.29. The molecule has 0 aromatic carbocycles. The summed E-state index contributed by atoms with van der Waals surface area (Å²) in [7, 11) is 0. The van der Waals surface area contributed by atoms with Crippen LogP contribution in [0.4, 0.5) is 17.6 Å². The van der Waals surface area contributed by atoms with Crippen molar-refractivity contribution in [2.24, 2.45) is 11.5 Å². The van der Waals surface area contributed by atoms with Crippen LogP contribution < -0.4 is 11.5 Å². The van der Waals surface area contributed by atoms with Gasteiger partial charge in [0.25, 0.3) is 0 Å². The molecule has 4 N–H and O–H groups in total. The van der Waals surface area contributed by atoms with Gasteiger partial charge in [-0.25, -0.2) is 4.39 Å². The van der Waals surface area contributed by atoms with E-state index in [-0.39, 0.29) is 5.69 Å². The monoisotopic (exact) mass is 263 g/mol. The van der Waals surface area contributed by atoms with Crippen LogP contribution in [0.1, 0.15) is 30.5 Å². The first-order valence-corrected chi connectivity index (χ1v) is 5.53. The lowest BCUT2D eigenvalue weighted by Gasteiger charge is -2.28. The summed E-state index contributed by atoms with van der Waals surface area (Å²) in [5.74, 6) is -1.05. The summed E-state index contributed by atoms with van der Waals surface area (Å²) in [6, 6.07) is -0.0710. The normalized spacial score (nSPS) is 28.7. The Morgan fingerprint density at radius 1 is 1.39 bits per heavy atom. The molecule has 2 rings (SSSR count). The predicted molar refractivity (Wildman–Crippen MR) is 56.9 cm³/mol. The van der Waals surface area contributed by atoms with Crippen molar-refractivity contribution in [3.05, 3.63) is 29.3 Å². The van der Waals surface area contributed by atoms with E-state index >= 15 is 0 Å². The Bertz CT molecular complexity index is 460. The van der Waals surface area contributed by atoms with Crippen molar-refractivity contribution in [2.45, 2.75) is 37.0 Å². The number of pyridine rings is 1. The minimum atomic E-state index is -4.62. The zero-order valence-corrected chi connectivity index (χ0v) is 9.47. The highest BCUT2D eigenvalue weighted by Gasteiger charge is 2.42. The van der Waals surface area contributed by atoms with E-state index in [1.807, 2.05) is 0 Å². The number of aromatic nitrogens is 1. The van der Waals surface area contributed by atoms with Gasteiger partial charge >= 0.3 is 6.18 Å². The van der Waals surface area contributed by atoms with Crippen LogP contribution in [0.5, 0.6) is 0 Å². The van der Waals surface area contributed by atoms with Crippen LogP contribution in [-0.2, 0) is 11.7 Å². The van der Waals surface area contributed by atoms with Gasteiger partial charge < -0.3 is 11.5 Å². The number of nitrogens with two attached hydrogens (primary N) is 2. The van der Waals surface area contributed by atoms with E-state index in [4.69, 9.17) is 11.5 Å². The lowest BCUT2D eigenvalue weighted by molar-refractivity contribution is -0.138. The van der Waals surface area contributed by atoms with E-state index in [2.05, 4.69) is 4.98 Å². The SMILES string of the molecule is NC1CCCC1(N)c1ncc(C(F)(F)F)cc1F. The molecule has 1 aromatic rings. The largest absolute Gasteiger partial charge is 0.417 e. The molecule has 7 heteroatoms. The van der Waals surface area contributed by atoms with Crippen LogP contribution in [-0.4, -0.2) is 11.0 Å². The van der Waals surface area contributed by atoms with Gasteiger partial charge in [-0.2, -0.15) is 13.2 Å². The van der Waals surface area contributed by atoms with Gasteiger partial charge in [-0.1, -0.05) is 0 Å². The van der Waals surface area contributed by atoms with E-state index in [0.29, 0.717) is 31.5 Å². The van der Waals surface area contributed by atoms with Gasteiger partial charge in [0.05, 0.1) is 16.8 Å². The molecule has 0 radical (unpaired) electrons. The minimum absolute atomic E-state index is 0.180. The highest BCUT2D eigenvalue weighted by molar-refractivity contribution is 5.26. The number of hydrogen-bond donors (Lipinski definition) is 2. The summed E-state index contributed by atoms with van der Waals surface area (Å²) in [5, 5.41) is 0. The number of rotatable bonds is 1. The van der Waals surface area contributed by atoms with E-state index < -0.39 is 29.1 Å². The highest BCUT2D eigenvalue weighted by Crippen LogP contribution is 2.37. The van der Waals surface area contributed by atoms with Gasteiger partial charge in [0.2, 0.25) is 0 Å². The van der Waals surface area contributed by atoms with Crippen LogP contribution in [0.2, 0.25) is 0 Å². The molecule has 1 saturated carbocycles. The summed E-state index contributed by atoms with van der Waals surface area (Å²) in [5.41, 5.74) is 9.28. The van der Waals surface area contributed by atoms with Crippen LogP contribution in [0, 0.1) is 5.82 Å². The van der Waals surface area contributed by atoms with Crippen LogP contribution >= 0.6 is 0 Å². The molecule has 1 fully saturated rings. The maximum atomic E-state index is 13.8. The maximum Gasteiger partial charge on any atom is 0.417 e. The zero-order chi connectivity index (χ0) is 13.6. The Labute approximate surface area is 101 Å². The van der Waals surface area contributed by atoms with Gasteiger partial charge in [-0.15, -0.1) is 0 Å². The molecule has 1 heterocycles. The summed E-state index contributed by atoms with van der Waals surface area (Å²) >= 11 is 0. The Kier molecular flexibility index (Phi) is 3.06. The van der Waals surface area contributed by atoms with Crippen molar-refractivity contribution >= 4 is 0 Å². The molecular formula is C11H13F4N3. The first kappa shape index (κ1) is 13.2. The van der Waals surface area contributed by atoms with Crippen LogP contribution in [0.15, 0.2) is 12.3 Å². The molecule has 2 atom stereocenters. The number of alkyl halides is 3. The minimum Gasteiger partial charge on any atom is -0.326 e. The Morgan fingerprint density at radius 2 is 2.06 bits per heavy atom. The molecule has 18 heavy (non-hydrogen) atoms. The third-order valence-electron chi connectivity index (χ3n) is 3.38. The first-order chi connectivity index (χ1) is 8.25. The van der Waals surface area contributed by atoms with Gasteiger partial charge in [-0.05, 0) is 25.3 Å². The van der Waals surface area contributed by atoms with E-state index in [1.54, 1.807) is 0 Å². The third kappa shape index (κ3) is 2.08. The van der Waals surface area contributed by atoms with Gasteiger partial charge in [-0.3, -0.25) is 4.98 Å². The molecule has 0 amide bonds. The molecule has 0 aliphatic heterocycles. The Balaban J connectivity index is 2.42. The third-order valence-corrected chi connectivity index (χ3v) is 3.38. The van der Waals surface area contributed by atoms with Crippen molar-refractivity contribution in [1.82, 2.24) is 4.98 Å². The molecule has 1 aliphatic carbocycles. The molecule has 100 valence electrons. The second kappa shape index (κ2) is 4.17. The lowest BCUT2D eigenvalue weighted by atomic mass is 9.89. The van der Waals surface area contributed by atoms with Gasteiger partial charge in [0, 0.05) is 12.2 Å². The first-order valence-electron chi connectivity index (χ1n) is 5.53. The fourth-order valence-electron chi connectivity index (χ4n) is 2.29. The van der Waals surface area contributed by atoms with Crippen molar-refractivity contribution in [3.8, 4) is 0 Å². The van der Waals surface area contributed by atoms with Gasteiger partial charge in [0.15, 0.2) is 0 Å². The maximum absolute atomic E-state index is 13.8. The average molecular weight is 263 g/mol. The molecule has 0 spiro atoms. The van der Waals surface area contributed by atoms with Crippen molar-refractivity contribution in [2.75, 3.05) is 0 Å². The van der Waals surface area contributed by atoms with E-state index in [1.165, 1.54) is 0 Å². The number of halogens is 4. The van der Waals surface area contributed by atoms with E-state index in [9.17, 15) is 17.6 Å². The number of nitrogens with zero attached hydrogens (tertiary/aromatic N) is 1. The molecule has 0 bridgehead atoms. The highest BCUT2D eigenvalue weighted by atomic mass is 19.4. The molecule has 3 nitrogen and oxygen atoms in total. The van der Waals surface area contributed by atoms with Crippen molar-refractivity contribution in [3.63, 3.8) is 0 Å². The standard InChI is InChI=1S/C11H13F4N3/c12-7-4-6(11(13,14)15)5-18-9(7)10(17)3-1-2-8(10)16/h4-5,8H,1-3,16-17H2. The molecule has 0 saturated heterocycles. The second-order valence-electron chi connectivity index (χ2n) is 4.59. The van der Waals surface area contributed by atoms with Crippen LogP contribution in [0.3, 0.4) is 0 Å². The summed E-state index contributed by atoms with van der Waals surface area (Å²) < 4.78 is 50.9. The van der Waals surface area contributed by atoms with Crippen molar-refractivity contribution < 1.29 is 17.6 Å². The zero-order valence-electron chi connectivity index (χ0n) is 9.47. The van der Waals surface area contributed by atoms with Crippen molar-refractivity contribution in [1.29, 1.82) is 0 Å². The smallest absolute Gasteiger partial charge is 0.326 e. The molecule has 1 aliphatic rings. The summed E-state index contributed by atoms with van der Waals surface area (Å²) in [4.78, 5) is 3.55. The fraction of sp³-hybridized carbons (Fsp3) is 0.545. The number of hydrogen-bond acceptors (Lipinski definition) is 3. The quantitative estimate of drug-likeness (QED) is 0.761. The predicted octanol–water partition coefficient (Wildman–Crippen LogP) is 1.90. The molecule has 1 aromatic heterocycles. The van der Waals surface area contributed by atoms with Crippen LogP contribution in [0.25, 0.3) is 0 Å². The Morgan fingerprint density at radius 3 is 2.50 bits per heavy atom. The van der Waals surface area contributed by atoms with E-state index in [0.717, 1.165) is 0 Å². The molecular weight excluding hydrogens is 250 g/mol. The fourth-order valence-corrected chi connectivity index (χ4v) is 2.29.